The second kappa shape index (κ2) is 6.05. The van der Waals surface area contributed by atoms with Gasteiger partial charge < -0.3 is 5.11 Å². The van der Waals surface area contributed by atoms with Crippen LogP contribution in [0.15, 0.2) is 48.5 Å². The Bertz CT molecular complexity index is 542. The third kappa shape index (κ3) is 3.36. The molecule has 0 unspecified atom stereocenters. The van der Waals surface area contributed by atoms with E-state index in [1.165, 1.54) is 0 Å². The molecule has 2 aromatic carbocycles. The van der Waals surface area contributed by atoms with Gasteiger partial charge >= 0.3 is 0 Å². The van der Waals surface area contributed by atoms with E-state index in [4.69, 9.17) is 23.2 Å². The number of aliphatic hydroxyl groups excluding tert-OH is 1. The number of benzene rings is 2. The Morgan fingerprint density at radius 3 is 1.89 bits per heavy atom. The molecule has 3 heteroatoms. The van der Waals surface area contributed by atoms with Crippen molar-refractivity contribution in [1.29, 1.82) is 0 Å². The summed E-state index contributed by atoms with van der Waals surface area (Å²) in [4.78, 5) is 0. The van der Waals surface area contributed by atoms with Crippen molar-refractivity contribution in [2.24, 2.45) is 0 Å². The molecule has 1 N–H and O–H groups in total. The van der Waals surface area contributed by atoms with E-state index < -0.39 is 0 Å². The van der Waals surface area contributed by atoms with Gasteiger partial charge in [-0.15, -0.1) is 0 Å². The van der Waals surface area contributed by atoms with Crippen LogP contribution in [0.4, 0.5) is 0 Å². The van der Waals surface area contributed by atoms with Gasteiger partial charge in [0.05, 0.1) is 6.61 Å². The molecule has 0 saturated heterocycles. The van der Waals surface area contributed by atoms with E-state index in [-0.39, 0.29) is 6.61 Å². The minimum absolute atomic E-state index is 0.0236. The molecule has 0 aliphatic carbocycles. The van der Waals surface area contributed by atoms with E-state index in [9.17, 15) is 5.11 Å². The highest BCUT2D eigenvalue weighted by atomic mass is 35.5. The highest BCUT2D eigenvalue weighted by Gasteiger charge is 2.01. The first-order valence-electron chi connectivity index (χ1n) is 5.52. The van der Waals surface area contributed by atoms with Gasteiger partial charge in [-0.25, -0.2) is 0 Å². The van der Waals surface area contributed by atoms with E-state index in [2.05, 4.69) is 0 Å². The summed E-state index contributed by atoms with van der Waals surface area (Å²) in [5.41, 5.74) is 2.80. The largest absolute Gasteiger partial charge is 0.392 e. The molecule has 1 nitrogen and oxygen atoms in total. The smallest absolute Gasteiger partial charge is 0.0687 e. The zero-order valence-electron chi connectivity index (χ0n) is 9.61. The Morgan fingerprint density at radius 1 is 0.889 bits per heavy atom. The molecular formula is C15H12Cl2O. The van der Waals surface area contributed by atoms with Crippen molar-refractivity contribution < 1.29 is 5.11 Å². The Kier molecular flexibility index (Phi) is 4.43. The van der Waals surface area contributed by atoms with Crippen molar-refractivity contribution in [3.63, 3.8) is 0 Å². The molecular weight excluding hydrogens is 267 g/mol. The van der Waals surface area contributed by atoms with Gasteiger partial charge in [-0.1, -0.05) is 47.5 Å². The minimum atomic E-state index is -0.0236. The van der Waals surface area contributed by atoms with E-state index in [0.29, 0.717) is 10.0 Å². The van der Waals surface area contributed by atoms with Crippen molar-refractivity contribution in [2.75, 3.05) is 6.61 Å². The average Bonchev–Trinajstić information content (AvgIpc) is 2.39. The van der Waals surface area contributed by atoms with Gasteiger partial charge in [0.1, 0.15) is 0 Å². The summed E-state index contributed by atoms with van der Waals surface area (Å²) in [5.74, 6) is 0. The van der Waals surface area contributed by atoms with E-state index in [1.54, 1.807) is 0 Å². The maximum Gasteiger partial charge on any atom is 0.0687 e. The van der Waals surface area contributed by atoms with Crippen LogP contribution in [0.2, 0.25) is 10.0 Å². The number of hydrogen-bond acceptors (Lipinski definition) is 1. The molecule has 0 saturated carbocycles. The summed E-state index contributed by atoms with van der Waals surface area (Å²) in [6.07, 6.45) is 1.93. The molecule has 0 fully saturated rings. The normalized spacial score (nSPS) is 11.6. The van der Waals surface area contributed by atoms with Crippen LogP contribution in [0.5, 0.6) is 0 Å². The third-order valence-electron chi connectivity index (χ3n) is 2.60. The van der Waals surface area contributed by atoms with E-state index in [0.717, 1.165) is 16.7 Å². The number of aliphatic hydroxyl groups is 1. The maximum absolute atomic E-state index is 9.44. The summed E-state index contributed by atoms with van der Waals surface area (Å²) in [5, 5.41) is 10.8. The van der Waals surface area contributed by atoms with E-state index >= 15 is 0 Å². The summed E-state index contributed by atoms with van der Waals surface area (Å²) >= 11 is 11.7. The van der Waals surface area contributed by atoms with Crippen molar-refractivity contribution in [2.45, 2.75) is 0 Å². The van der Waals surface area contributed by atoms with E-state index in [1.807, 2.05) is 54.6 Å². The Balaban J connectivity index is 2.33. The molecule has 2 rings (SSSR count). The fourth-order valence-electron chi connectivity index (χ4n) is 1.64. The van der Waals surface area contributed by atoms with Crippen molar-refractivity contribution >= 4 is 34.9 Å². The molecule has 0 atom stereocenters. The molecule has 0 aromatic heterocycles. The zero-order valence-corrected chi connectivity index (χ0v) is 11.1. The van der Waals surface area contributed by atoms with Gasteiger partial charge in [-0.2, -0.15) is 0 Å². The van der Waals surface area contributed by atoms with Crippen LogP contribution in [0.25, 0.3) is 11.6 Å². The van der Waals surface area contributed by atoms with Crippen LogP contribution in [0.3, 0.4) is 0 Å². The van der Waals surface area contributed by atoms with Gasteiger partial charge in [0.25, 0.3) is 0 Å². The van der Waals surface area contributed by atoms with Crippen LogP contribution < -0.4 is 0 Å². The van der Waals surface area contributed by atoms with Crippen LogP contribution in [0, 0.1) is 0 Å². The van der Waals surface area contributed by atoms with Gasteiger partial charge in [0.15, 0.2) is 0 Å². The molecule has 0 aliphatic rings. The first-order valence-corrected chi connectivity index (χ1v) is 6.27. The molecule has 92 valence electrons. The molecule has 0 amide bonds. The van der Waals surface area contributed by atoms with Crippen molar-refractivity contribution in [3.05, 3.63) is 69.7 Å². The lowest BCUT2D eigenvalue weighted by Gasteiger charge is -2.05. The topological polar surface area (TPSA) is 20.2 Å². The molecule has 0 spiro atoms. The molecule has 18 heavy (non-hydrogen) atoms. The van der Waals surface area contributed by atoms with Crippen LogP contribution >= 0.6 is 23.2 Å². The number of hydrogen-bond donors (Lipinski definition) is 1. The predicted molar refractivity (Wildman–Crippen MR) is 77.9 cm³/mol. The molecule has 2 aromatic rings. The van der Waals surface area contributed by atoms with Gasteiger partial charge in [0.2, 0.25) is 0 Å². The standard InChI is InChI=1S/C15H12Cl2O/c16-14-5-1-11(2-6-14)9-13(10-18)12-3-7-15(17)8-4-12/h1-9,18H,10H2/b13-9-. The summed E-state index contributed by atoms with van der Waals surface area (Å²) in [6, 6.07) is 14.9. The molecule has 0 heterocycles. The monoisotopic (exact) mass is 278 g/mol. The molecule has 0 aliphatic heterocycles. The van der Waals surface area contributed by atoms with Gasteiger partial charge in [0, 0.05) is 10.0 Å². The quantitative estimate of drug-likeness (QED) is 0.818. The lowest BCUT2D eigenvalue weighted by molar-refractivity contribution is 0.351. The fraction of sp³-hybridized carbons (Fsp3) is 0.0667. The van der Waals surface area contributed by atoms with Gasteiger partial charge in [-0.05, 0) is 47.0 Å². The highest BCUT2D eigenvalue weighted by molar-refractivity contribution is 6.30. The molecule has 0 radical (unpaired) electrons. The molecule has 0 bridgehead atoms. The Morgan fingerprint density at radius 2 is 1.39 bits per heavy atom. The number of halogens is 2. The minimum Gasteiger partial charge on any atom is -0.392 e. The first-order chi connectivity index (χ1) is 8.69. The summed E-state index contributed by atoms with van der Waals surface area (Å²) < 4.78 is 0. The average molecular weight is 279 g/mol. The second-order valence-electron chi connectivity index (χ2n) is 3.89. The van der Waals surface area contributed by atoms with Crippen molar-refractivity contribution in [1.82, 2.24) is 0 Å². The Labute approximate surface area is 116 Å². The van der Waals surface area contributed by atoms with Gasteiger partial charge in [-0.3, -0.25) is 0 Å². The van der Waals surface area contributed by atoms with Crippen molar-refractivity contribution in [3.8, 4) is 0 Å². The van der Waals surface area contributed by atoms with Crippen LogP contribution in [-0.2, 0) is 0 Å². The zero-order chi connectivity index (χ0) is 13.0. The Hall–Kier alpha value is -1.28. The second-order valence-corrected chi connectivity index (χ2v) is 4.76. The summed E-state index contributed by atoms with van der Waals surface area (Å²) in [6.45, 7) is -0.0236. The third-order valence-corrected chi connectivity index (χ3v) is 3.10. The van der Waals surface area contributed by atoms with Crippen LogP contribution in [0.1, 0.15) is 11.1 Å². The summed E-state index contributed by atoms with van der Waals surface area (Å²) in [7, 11) is 0. The lowest BCUT2D eigenvalue weighted by Crippen LogP contribution is -1.90. The maximum atomic E-state index is 9.44. The predicted octanol–water partition coefficient (Wildman–Crippen LogP) is 4.53. The van der Waals surface area contributed by atoms with Crippen LogP contribution in [-0.4, -0.2) is 11.7 Å². The highest BCUT2D eigenvalue weighted by Crippen LogP contribution is 2.20. The fourth-order valence-corrected chi connectivity index (χ4v) is 1.90. The number of rotatable bonds is 3. The lowest BCUT2D eigenvalue weighted by atomic mass is 10.0. The SMILES string of the molecule is OC/C(=C/c1ccc(Cl)cc1)c1ccc(Cl)cc1. The first kappa shape index (κ1) is 13.2.